The summed E-state index contributed by atoms with van der Waals surface area (Å²) in [4.78, 5) is 0. The van der Waals surface area contributed by atoms with Crippen LogP contribution in [0.15, 0.2) is 24.4 Å². The van der Waals surface area contributed by atoms with Gasteiger partial charge in [0, 0.05) is 12.7 Å². The first-order chi connectivity index (χ1) is 8.20. The molecule has 0 atom stereocenters. The second-order valence-electron chi connectivity index (χ2n) is 4.42. The van der Waals surface area contributed by atoms with Crippen LogP contribution in [0.5, 0.6) is 0 Å². The zero-order chi connectivity index (χ0) is 12.3. The molecule has 0 aliphatic rings. The molecular formula is C14H19N3. The van der Waals surface area contributed by atoms with Crippen LogP contribution in [0.25, 0.3) is 0 Å². The Morgan fingerprint density at radius 1 is 1.18 bits per heavy atom. The third kappa shape index (κ3) is 2.73. The molecule has 0 spiro atoms. The van der Waals surface area contributed by atoms with Crippen molar-refractivity contribution in [3.8, 4) is 0 Å². The van der Waals surface area contributed by atoms with E-state index >= 15 is 0 Å². The van der Waals surface area contributed by atoms with Gasteiger partial charge < -0.3 is 0 Å². The Morgan fingerprint density at radius 2 is 2.00 bits per heavy atom. The highest BCUT2D eigenvalue weighted by Crippen LogP contribution is 2.14. The molecule has 3 nitrogen and oxygen atoms in total. The first kappa shape index (κ1) is 11.8. The van der Waals surface area contributed by atoms with Gasteiger partial charge in [-0.1, -0.05) is 23.4 Å². The predicted molar refractivity (Wildman–Crippen MR) is 69.0 cm³/mol. The Labute approximate surface area is 102 Å². The van der Waals surface area contributed by atoms with Crippen LogP contribution in [0.4, 0.5) is 0 Å². The van der Waals surface area contributed by atoms with Gasteiger partial charge in [-0.15, -0.1) is 5.10 Å². The van der Waals surface area contributed by atoms with Crippen LogP contribution in [0.2, 0.25) is 0 Å². The summed E-state index contributed by atoms with van der Waals surface area (Å²) >= 11 is 0. The third-order valence-corrected chi connectivity index (χ3v) is 3.28. The summed E-state index contributed by atoms with van der Waals surface area (Å²) in [6.45, 7) is 7.30. The van der Waals surface area contributed by atoms with E-state index in [2.05, 4.69) is 49.3 Å². The van der Waals surface area contributed by atoms with Crippen LogP contribution in [0, 0.1) is 13.8 Å². The lowest BCUT2D eigenvalue weighted by Crippen LogP contribution is -1.96. The molecule has 2 aromatic rings. The monoisotopic (exact) mass is 229 g/mol. The summed E-state index contributed by atoms with van der Waals surface area (Å²) in [7, 11) is 0. The predicted octanol–water partition coefficient (Wildman–Crippen LogP) is 2.70. The number of nitrogens with zero attached hydrogens (tertiary/aromatic N) is 3. The van der Waals surface area contributed by atoms with E-state index in [0.29, 0.717) is 0 Å². The van der Waals surface area contributed by atoms with Crippen molar-refractivity contribution in [1.82, 2.24) is 15.0 Å². The molecule has 3 heteroatoms. The van der Waals surface area contributed by atoms with Gasteiger partial charge in [-0.25, -0.2) is 0 Å². The zero-order valence-electron chi connectivity index (χ0n) is 10.8. The average Bonchev–Trinajstić information content (AvgIpc) is 2.79. The molecule has 0 bridgehead atoms. The van der Waals surface area contributed by atoms with E-state index in [1.807, 2.05) is 10.9 Å². The molecule has 17 heavy (non-hydrogen) atoms. The fourth-order valence-electron chi connectivity index (χ4n) is 1.95. The Balaban J connectivity index is 2.04. The summed E-state index contributed by atoms with van der Waals surface area (Å²) in [5.74, 6) is 0. The van der Waals surface area contributed by atoms with Gasteiger partial charge in [-0.05, 0) is 50.3 Å². The molecule has 1 aromatic carbocycles. The van der Waals surface area contributed by atoms with Crippen LogP contribution in [0.1, 0.15) is 29.3 Å². The van der Waals surface area contributed by atoms with Crippen molar-refractivity contribution in [3.63, 3.8) is 0 Å². The highest BCUT2D eigenvalue weighted by atomic mass is 15.4. The first-order valence-electron chi connectivity index (χ1n) is 6.14. The molecule has 0 saturated heterocycles. The topological polar surface area (TPSA) is 30.7 Å². The number of aryl methyl sites for hydroxylation is 4. The smallest absolute Gasteiger partial charge is 0.0830 e. The Hall–Kier alpha value is -1.64. The van der Waals surface area contributed by atoms with E-state index in [1.165, 1.54) is 16.7 Å². The zero-order valence-corrected chi connectivity index (χ0v) is 10.8. The largest absolute Gasteiger partial charge is 0.253 e. The molecule has 1 aromatic heterocycles. The fourth-order valence-corrected chi connectivity index (χ4v) is 1.95. The minimum atomic E-state index is 0.885. The molecule has 0 saturated carbocycles. The van der Waals surface area contributed by atoms with Crippen molar-refractivity contribution in [2.75, 3.05) is 0 Å². The van der Waals surface area contributed by atoms with E-state index in [1.54, 1.807) is 0 Å². The van der Waals surface area contributed by atoms with Gasteiger partial charge in [0.15, 0.2) is 0 Å². The lowest BCUT2D eigenvalue weighted by atomic mass is 9.99. The minimum absolute atomic E-state index is 0.885. The minimum Gasteiger partial charge on any atom is -0.253 e. The molecule has 0 unspecified atom stereocenters. The normalized spacial score (nSPS) is 10.8. The highest BCUT2D eigenvalue weighted by Gasteiger charge is 2.03. The second kappa shape index (κ2) is 5.13. The fraction of sp³-hybridized carbons (Fsp3) is 0.429. The Bertz CT molecular complexity index is 500. The molecule has 0 fully saturated rings. The van der Waals surface area contributed by atoms with E-state index in [-0.39, 0.29) is 0 Å². The van der Waals surface area contributed by atoms with Crippen molar-refractivity contribution in [3.05, 3.63) is 46.8 Å². The van der Waals surface area contributed by atoms with Crippen molar-refractivity contribution in [2.45, 2.75) is 40.2 Å². The maximum Gasteiger partial charge on any atom is 0.0830 e. The van der Waals surface area contributed by atoms with Crippen molar-refractivity contribution in [2.24, 2.45) is 0 Å². The lowest BCUT2D eigenvalue weighted by Gasteiger charge is -2.06. The lowest BCUT2D eigenvalue weighted by molar-refractivity contribution is 0.626. The summed E-state index contributed by atoms with van der Waals surface area (Å²) in [5, 5.41) is 8.22. The van der Waals surface area contributed by atoms with Gasteiger partial charge >= 0.3 is 0 Å². The maximum absolute atomic E-state index is 4.17. The SMILES string of the molecule is CCn1cc(CCc2cccc(C)c2C)nn1. The van der Waals surface area contributed by atoms with Gasteiger partial charge in [0.25, 0.3) is 0 Å². The van der Waals surface area contributed by atoms with Gasteiger partial charge in [-0.2, -0.15) is 0 Å². The summed E-state index contributed by atoms with van der Waals surface area (Å²) in [6, 6.07) is 6.49. The Kier molecular flexibility index (Phi) is 3.57. The summed E-state index contributed by atoms with van der Waals surface area (Å²) in [6.07, 6.45) is 4.03. The number of benzene rings is 1. The van der Waals surface area contributed by atoms with Crippen molar-refractivity contribution < 1.29 is 0 Å². The van der Waals surface area contributed by atoms with E-state index in [9.17, 15) is 0 Å². The first-order valence-corrected chi connectivity index (χ1v) is 6.14. The van der Waals surface area contributed by atoms with Crippen LogP contribution in [-0.2, 0) is 19.4 Å². The molecule has 0 aliphatic heterocycles. The number of rotatable bonds is 4. The van der Waals surface area contributed by atoms with Gasteiger partial charge in [-0.3, -0.25) is 4.68 Å². The van der Waals surface area contributed by atoms with Gasteiger partial charge in [0.1, 0.15) is 0 Å². The maximum atomic E-state index is 4.17. The molecule has 0 aliphatic carbocycles. The van der Waals surface area contributed by atoms with Crippen LogP contribution in [0.3, 0.4) is 0 Å². The standard InChI is InChI=1S/C14H19N3/c1-4-17-10-14(15-16-17)9-8-13-7-5-6-11(2)12(13)3/h5-7,10H,4,8-9H2,1-3H3. The number of hydrogen-bond acceptors (Lipinski definition) is 2. The molecule has 2 rings (SSSR count). The average molecular weight is 229 g/mol. The highest BCUT2D eigenvalue weighted by molar-refractivity contribution is 5.33. The third-order valence-electron chi connectivity index (χ3n) is 3.28. The molecule has 0 amide bonds. The quantitative estimate of drug-likeness (QED) is 0.807. The number of hydrogen-bond donors (Lipinski definition) is 0. The molecule has 0 radical (unpaired) electrons. The van der Waals surface area contributed by atoms with Gasteiger partial charge in [0.2, 0.25) is 0 Å². The van der Waals surface area contributed by atoms with E-state index < -0.39 is 0 Å². The number of aromatic nitrogens is 3. The van der Waals surface area contributed by atoms with Crippen molar-refractivity contribution >= 4 is 0 Å². The molecule has 0 N–H and O–H groups in total. The molecular weight excluding hydrogens is 210 g/mol. The second-order valence-corrected chi connectivity index (χ2v) is 4.42. The molecule has 1 heterocycles. The van der Waals surface area contributed by atoms with Gasteiger partial charge in [0.05, 0.1) is 5.69 Å². The van der Waals surface area contributed by atoms with Crippen LogP contribution >= 0.6 is 0 Å². The van der Waals surface area contributed by atoms with E-state index in [4.69, 9.17) is 0 Å². The Morgan fingerprint density at radius 3 is 2.71 bits per heavy atom. The summed E-state index contributed by atoms with van der Waals surface area (Å²) < 4.78 is 1.87. The van der Waals surface area contributed by atoms with E-state index in [0.717, 1.165) is 25.1 Å². The van der Waals surface area contributed by atoms with Crippen molar-refractivity contribution in [1.29, 1.82) is 0 Å². The van der Waals surface area contributed by atoms with Crippen LogP contribution < -0.4 is 0 Å². The summed E-state index contributed by atoms with van der Waals surface area (Å²) in [5.41, 5.74) is 5.25. The van der Waals surface area contributed by atoms with Crippen LogP contribution in [-0.4, -0.2) is 15.0 Å². The molecule has 90 valence electrons.